The van der Waals surface area contributed by atoms with Crippen molar-refractivity contribution >= 4 is 11.6 Å². The van der Waals surface area contributed by atoms with Gasteiger partial charge in [-0.25, -0.2) is 9.07 Å². The van der Waals surface area contributed by atoms with Gasteiger partial charge in [-0.15, -0.1) is 0 Å². The summed E-state index contributed by atoms with van der Waals surface area (Å²) in [6.45, 7) is 4.03. The Morgan fingerprint density at radius 1 is 1.19 bits per heavy atom. The van der Waals surface area contributed by atoms with Crippen molar-refractivity contribution in [1.29, 1.82) is 0 Å². The van der Waals surface area contributed by atoms with Gasteiger partial charge in [-0.2, -0.15) is 5.10 Å². The van der Waals surface area contributed by atoms with Gasteiger partial charge in [-0.3, -0.25) is 9.59 Å². The van der Waals surface area contributed by atoms with Gasteiger partial charge in [0.25, 0.3) is 5.91 Å². The first kappa shape index (κ1) is 18.3. The predicted octanol–water partition coefficient (Wildman–Crippen LogP) is 3.33. The second-order valence-electron chi connectivity index (χ2n) is 5.77. The van der Waals surface area contributed by atoms with Crippen molar-refractivity contribution in [3.63, 3.8) is 0 Å². The monoisotopic (exact) mass is 367 g/mol. The Labute approximate surface area is 155 Å². The first-order valence-electron chi connectivity index (χ1n) is 8.39. The van der Waals surface area contributed by atoms with Gasteiger partial charge < -0.3 is 10.1 Å². The molecule has 3 aromatic rings. The van der Waals surface area contributed by atoms with Gasteiger partial charge in [0, 0.05) is 17.4 Å². The molecular formula is C20H18FN3O3. The Kier molecular flexibility index (Phi) is 5.30. The van der Waals surface area contributed by atoms with E-state index in [1.807, 2.05) is 6.92 Å². The smallest absolute Gasteiger partial charge is 0.280 e. The number of benzene rings is 2. The van der Waals surface area contributed by atoms with Crippen LogP contribution in [-0.2, 0) is 0 Å². The lowest BCUT2D eigenvalue weighted by Gasteiger charge is -2.12. The molecule has 1 heterocycles. The highest BCUT2D eigenvalue weighted by Gasteiger charge is 2.17. The number of hydrogen-bond donors (Lipinski definition) is 1. The molecule has 1 aromatic heterocycles. The molecule has 7 heteroatoms. The average Bonchev–Trinajstić information content (AvgIpc) is 2.64. The van der Waals surface area contributed by atoms with Gasteiger partial charge in [0.1, 0.15) is 17.3 Å². The summed E-state index contributed by atoms with van der Waals surface area (Å²) in [6.07, 6.45) is 0. The lowest BCUT2D eigenvalue weighted by Crippen LogP contribution is -2.27. The zero-order chi connectivity index (χ0) is 19.4. The van der Waals surface area contributed by atoms with Crippen LogP contribution in [0.25, 0.3) is 5.69 Å². The fraction of sp³-hybridized carbons (Fsp3) is 0.150. The van der Waals surface area contributed by atoms with Crippen LogP contribution in [0.5, 0.6) is 5.75 Å². The van der Waals surface area contributed by atoms with Gasteiger partial charge in [0.15, 0.2) is 5.69 Å². The third-order valence-electron chi connectivity index (χ3n) is 3.83. The van der Waals surface area contributed by atoms with E-state index in [1.54, 1.807) is 43.3 Å². The molecule has 0 spiro atoms. The number of para-hydroxylation sites is 1. The minimum absolute atomic E-state index is 0.158. The zero-order valence-corrected chi connectivity index (χ0v) is 14.9. The van der Waals surface area contributed by atoms with Crippen LogP contribution in [0.1, 0.15) is 23.1 Å². The summed E-state index contributed by atoms with van der Waals surface area (Å²) in [5.74, 6) is -0.505. The molecule has 1 amide bonds. The van der Waals surface area contributed by atoms with Gasteiger partial charge in [-0.1, -0.05) is 12.1 Å². The third kappa shape index (κ3) is 4.03. The van der Waals surface area contributed by atoms with Crippen LogP contribution in [0.15, 0.2) is 59.4 Å². The van der Waals surface area contributed by atoms with E-state index in [4.69, 9.17) is 4.74 Å². The van der Waals surface area contributed by atoms with Crippen LogP contribution in [0.2, 0.25) is 0 Å². The molecule has 0 fully saturated rings. The topological polar surface area (TPSA) is 73.2 Å². The Morgan fingerprint density at radius 3 is 2.56 bits per heavy atom. The third-order valence-corrected chi connectivity index (χ3v) is 3.83. The van der Waals surface area contributed by atoms with Crippen molar-refractivity contribution in [2.24, 2.45) is 0 Å². The summed E-state index contributed by atoms with van der Waals surface area (Å²) in [6, 6.07) is 14.0. The van der Waals surface area contributed by atoms with E-state index in [9.17, 15) is 14.0 Å². The van der Waals surface area contributed by atoms with Crippen molar-refractivity contribution in [2.75, 3.05) is 11.9 Å². The number of ether oxygens (including phenoxy) is 1. The number of aryl methyl sites for hydroxylation is 1. The second kappa shape index (κ2) is 7.82. The minimum Gasteiger partial charge on any atom is -0.494 e. The first-order chi connectivity index (χ1) is 13.0. The molecule has 0 bridgehead atoms. The molecule has 2 aromatic carbocycles. The van der Waals surface area contributed by atoms with Gasteiger partial charge in [0.2, 0.25) is 5.43 Å². The van der Waals surface area contributed by atoms with E-state index in [-0.39, 0.29) is 11.4 Å². The number of rotatable bonds is 5. The summed E-state index contributed by atoms with van der Waals surface area (Å²) < 4.78 is 20.7. The van der Waals surface area contributed by atoms with Gasteiger partial charge >= 0.3 is 0 Å². The largest absolute Gasteiger partial charge is 0.494 e. The molecule has 6 nitrogen and oxygen atoms in total. The lowest BCUT2D eigenvalue weighted by molar-refractivity contribution is 0.101. The number of anilines is 1. The van der Waals surface area contributed by atoms with Crippen LogP contribution >= 0.6 is 0 Å². The SMILES string of the molecule is CCOc1ccc(NC(=O)c2nn(-c3ccccc3F)c(C)cc2=O)cc1. The van der Waals surface area contributed by atoms with E-state index < -0.39 is 17.2 Å². The highest BCUT2D eigenvalue weighted by Crippen LogP contribution is 2.17. The average molecular weight is 367 g/mol. The number of hydrogen-bond acceptors (Lipinski definition) is 4. The maximum absolute atomic E-state index is 14.1. The molecule has 0 saturated heterocycles. The number of carbonyl (C=O) groups excluding carboxylic acids is 1. The predicted molar refractivity (Wildman–Crippen MR) is 100 cm³/mol. The summed E-state index contributed by atoms with van der Waals surface area (Å²) >= 11 is 0. The summed E-state index contributed by atoms with van der Waals surface area (Å²) in [5, 5.41) is 6.69. The molecule has 0 radical (unpaired) electrons. The molecular weight excluding hydrogens is 349 g/mol. The van der Waals surface area contributed by atoms with Crippen LogP contribution < -0.4 is 15.5 Å². The van der Waals surface area contributed by atoms with Crippen LogP contribution in [0.4, 0.5) is 10.1 Å². The number of amides is 1. The van der Waals surface area contributed by atoms with Crippen molar-refractivity contribution in [3.8, 4) is 11.4 Å². The van der Waals surface area contributed by atoms with E-state index in [1.165, 1.54) is 22.9 Å². The van der Waals surface area contributed by atoms with E-state index >= 15 is 0 Å². The molecule has 0 aliphatic carbocycles. The number of nitrogens with zero attached hydrogens (tertiary/aromatic N) is 2. The molecule has 0 aliphatic rings. The fourth-order valence-electron chi connectivity index (χ4n) is 2.56. The van der Waals surface area contributed by atoms with Gasteiger partial charge in [0.05, 0.1) is 6.61 Å². The fourth-order valence-corrected chi connectivity index (χ4v) is 2.56. The summed E-state index contributed by atoms with van der Waals surface area (Å²) in [7, 11) is 0. The van der Waals surface area contributed by atoms with E-state index in [0.29, 0.717) is 23.7 Å². The second-order valence-corrected chi connectivity index (χ2v) is 5.77. The van der Waals surface area contributed by atoms with Gasteiger partial charge in [-0.05, 0) is 50.2 Å². The number of carbonyl (C=O) groups is 1. The molecule has 1 N–H and O–H groups in total. The number of halogens is 1. The quantitative estimate of drug-likeness (QED) is 0.751. The zero-order valence-electron chi connectivity index (χ0n) is 14.9. The Balaban J connectivity index is 1.92. The van der Waals surface area contributed by atoms with Crippen molar-refractivity contribution < 1.29 is 13.9 Å². The first-order valence-corrected chi connectivity index (χ1v) is 8.39. The molecule has 0 aliphatic heterocycles. The van der Waals surface area contributed by atoms with E-state index in [0.717, 1.165) is 0 Å². The molecule has 27 heavy (non-hydrogen) atoms. The number of aromatic nitrogens is 2. The Morgan fingerprint density at radius 2 is 1.89 bits per heavy atom. The Bertz CT molecular complexity index is 1030. The summed E-state index contributed by atoms with van der Waals surface area (Å²) in [4.78, 5) is 24.7. The highest BCUT2D eigenvalue weighted by atomic mass is 19.1. The standard InChI is InChI=1S/C20H18FN3O3/c1-3-27-15-10-8-14(9-11-15)22-20(26)19-18(25)12-13(2)24(23-19)17-7-5-4-6-16(17)21/h4-12H,3H2,1-2H3,(H,22,26). The Hall–Kier alpha value is -3.48. The maximum Gasteiger partial charge on any atom is 0.280 e. The minimum atomic E-state index is -0.672. The number of nitrogens with one attached hydrogen (secondary N) is 1. The van der Waals surface area contributed by atoms with E-state index in [2.05, 4.69) is 10.4 Å². The van der Waals surface area contributed by atoms with Crippen LogP contribution in [-0.4, -0.2) is 22.3 Å². The normalized spacial score (nSPS) is 10.5. The molecule has 0 atom stereocenters. The van der Waals surface area contributed by atoms with Crippen LogP contribution in [0, 0.1) is 12.7 Å². The molecule has 0 saturated carbocycles. The summed E-state index contributed by atoms with van der Waals surface area (Å²) in [5.41, 5.74) is 0.205. The maximum atomic E-state index is 14.1. The lowest BCUT2D eigenvalue weighted by atomic mass is 10.2. The van der Waals surface area contributed by atoms with Crippen LogP contribution in [0.3, 0.4) is 0 Å². The molecule has 0 unspecified atom stereocenters. The van der Waals surface area contributed by atoms with Crippen molar-refractivity contribution in [2.45, 2.75) is 13.8 Å². The highest BCUT2D eigenvalue weighted by molar-refractivity contribution is 6.02. The van der Waals surface area contributed by atoms with Crippen molar-refractivity contribution in [1.82, 2.24) is 9.78 Å². The van der Waals surface area contributed by atoms with Crippen molar-refractivity contribution in [3.05, 3.63) is 82.0 Å². The molecule has 138 valence electrons. The molecule has 3 rings (SSSR count).